The van der Waals surface area contributed by atoms with E-state index in [0.717, 1.165) is 6.54 Å². The fourth-order valence-corrected chi connectivity index (χ4v) is 2.95. The first kappa shape index (κ1) is 16.6. The van der Waals surface area contributed by atoms with E-state index in [0.29, 0.717) is 5.92 Å². The molecule has 0 N–H and O–H groups in total. The quantitative estimate of drug-likeness (QED) is 0.417. The molecule has 2 heteroatoms. The predicted octanol–water partition coefficient (Wildman–Crippen LogP) is 1.13. The molecule has 0 aromatic heterocycles. The van der Waals surface area contributed by atoms with Crippen LogP contribution in [0.15, 0.2) is 36.4 Å². The van der Waals surface area contributed by atoms with Gasteiger partial charge in [-0.05, 0) is 24.5 Å². The van der Waals surface area contributed by atoms with Crippen molar-refractivity contribution in [2.75, 3.05) is 19.6 Å². The maximum Gasteiger partial charge on any atom is 1.00 e. The van der Waals surface area contributed by atoms with Gasteiger partial charge in [0.1, 0.15) is 0 Å². The van der Waals surface area contributed by atoms with Gasteiger partial charge < -0.3 is 4.48 Å². The normalized spacial score (nSPS) is 17.8. The molecule has 1 aromatic rings. The largest absolute Gasteiger partial charge is 1.00 e. The summed E-state index contributed by atoms with van der Waals surface area (Å²) >= 11 is 0. The first-order valence-electron chi connectivity index (χ1n) is 7.14. The number of benzene rings is 1. The Hall–Kier alpha value is -0.483. The zero-order chi connectivity index (χ0) is 12.8. The molecule has 0 unspecified atom stereocenters. The molecule has 2 rings (SSSR count). The molecule has 0 aliphatic carbocycles. The van der Waals surface area contributed by atoms with Gasteiger partial charge in [-0.1, -0.05) is 50.3 Å². The van der Waals surface area contributed by atoms with Gasteiger partial charge in [-0.15, -0.1) is 12.5 Å². The molecule has 0 amide bonds. The van der Waals surface area contributed by atoms with Gasteiger partial charge in [0.25, 0.3) is 0 Å². The van der Waals surface area contributed by atoms with Crippen LogP contribution >= 0.6 is 0 Å². The number of hydrogen-bond acceptors (Lipinski definition) is 0. The molecule has 1 aromatic carbocycles. The van der Waals surface area contributed by atoms with Gasteiger partial charge in [0.2, 0.25) is 0 Å². The summed E-state index contributed by atoms with van der Waals surface area (Å²) in [6, 6.07) is 10.6. The second-order valence-electron chi connectivity index (χ2n) is 5.76. The Morgan fingerprint density at radius 1 is 1.16 bits per heavy atom. The van der Waals surface area contributed by atoms with Crippen molar-refractivity contribution in [1.29, 1.82) is 0 Å². The summed E-state index contributed by atoms with van der Waals surface area (Å²) in [6.07, 6.45) is 7.36. The summed E-state index contributed by atoms with van der Waals surface area (Å²) < 4.78 is 1.18. The number of hydrogen-bond donors (Lipinski definition) is 0. The molecule has 1 aliphatic rings. The predicted molar refractivity (Wildman–Crippen MR) is 78.7 cm³/mol. The molecule has 1 fully saturated rings. The first-order valence-corrected chi connectivity index (χ1v) is 7.14. The van der Waals surface area contributed by atoms with Crippen LogP contribution in [0.4, 0.5) is 0 Å². The van der Waals surface area contributed by atoms with E-state index in [4.69, 9.17) is 0 Å². The zero-order valence-corrected chi connectivity index (χ0v) is 12.7. The molecule has 0 spiro atoms. The molecule has 1 nitrogen and oxygen atoms in total. The second-order valence-corrected chi connectivity index (χ2v) is 5.76. The van der Waals surface area contributed by atoms with E-state index in [1.54, 1.807) is 0 Å². The summed E-state index contributed by atoms with van der Waals surface area (Å²) in [4.78, 5) is 0. The van der Waals surface area contributed by atoms with Gasteiger partial charge in [-0.2, -0.15) is 0 Å². The van der Waals surface area contributed by atoms with Crippen LogP contribution in [0.5, 0.6) is 0 Å². The molecule has 0 saturated carbocycles. The third kappa shape index (κ3) is 5.19. The number of likely N-dealkylation sites (tertiary alicyclic amines) is 1. The third-order valence-corrected chi connectivity index (χ3v) is 3.65. The molecule has 1 heterocycles. The van der Waals surface area contributed by atoms with E-state index in [1.807, 2.05) is 0 Å². The van der Waals surface area contributed by atoms with Crippen LogP contribution in [-0.4, -0.2) is 24.1 Å². The molecule has 0 bridgehead atoms. The molecular weight excluding hydrogens is 225 g/mol. The fraction of sp³-hybridized carbons (Fsp3) is 0.471. The average Bonchev–Trinajstić information content (AvgIpc) is 2.78. The van der Waals surface area contributed by atoms with Crippen LogP contribution in [0.3, 0.4) is 0 Å². The number of rotatable bonds is 5. The summed E-state index contributed by atoms with van der Waals surface area (Å²) in [5.74, 6) is 0.674. The van der Waals surface area contributed by atoms with E-state index in [1.165, 1.54) is 36.0 Å². The van der Waals surface area contributed by atoms with Crippen LogP contribution in [0.2, 0.25) is 0 Å². The molecule has 1 saturated heterocycles. The van der Waals surface area contributed by atoms with Crippen molar-refractivity contribution in [1.82, 2.24) is 0 Å². The SMILES string of the molecule is CC(C)[CH-][N+]1(C/C=C/c2ccccc2)CCCC1.[Li+]. The van der Waals surface area contributed by atoms with Gasteiger partial charge in [0.05, 0.1) is 19.6 Å². The smallest absolute Gasteiger partial charge is 0.451 e. The van der Waals surface area contributed by atoms with Crippen molar-refractivity contribution < 1.29 is 23.3 Å². The standard InChI is InChI=1S/C17H25N.Li/c1-16(2)15-18(12-6-7-13-18)14-8-11-17-9-4-3-5-10-17;/h3-5,8-11,15-16H,6-7,12-14H2,1-2H3;/q;+1/b11-8+;. The first-order chi connectivity index (χ1) is 8.70. The van der Waals surface area contributed by atoms with E-state index < -0.39 is 0 Å². The monoisotopic (exact) mass is 250 g/mol. The van der Waals surface area contributed by atoms with Crippen molar-refractivity contribution in [3.63, 3.8) is 0 Å². The van der Waals surface area contributed by atoms with E-state index >= 15 is 0 Å². The van der Waals surface area contributed by atoms with E-state index in [2.05, 4.69) is 62.9 Å². The van der Waals surface area contributed by atoms with Crippen molar-refractivity contribution >= 4 is 6.08 Å². The zero-order valence-electron chi connectivity index (χ0n) is 12.7. The van der Waals surface area contributed by atoms with Crippen molar-refractivity contribution in [2.24, 2.45) is 5.92 Å². The summed E-state index contributed by atoms with van der Waals surface area (Å²) in [5, 5.41) is 0. The Labute approximate surface area is 130 Å². The third-order valence-electron chi connectivity index (χ3n) is 3.65. The molecule has 1 aliphatic heterocycles. The van der Waals surface area contributed by atoms with Gasteiger partial charge in [0, 0.05) is 0 Å². The Morgan fingerprint density at radius 3 is 2.37 bits per heavy atom. The van der Waals surface area contributed by atoms with Crippen LogP contribution in [0.1, 0.15) is 32.3 Å². The summed E-state index contributed by atoms with van der Waals surface area (Å²) in [6.45, 7) is 10.9. The Morgan fingerprint density at radius 2 is 1.79 bits per heavy atom. The van der Waals surface area contributed by atoms with Crippen molar-refractivity contribution in [3.8, 4) is 0 Å². The maximum absolute atomic E-state index is 2.53. The maximum atomic E-state index is 2.53. The van der Waals surface area contributed by atoms with Crippen LogP contribution in [0, 0.1) is 12.5 Å². The van der Waals surface area contributed by atoms with Crippen LogP contribution in [-0.2, 0) is 0 Å². The Bertz CT molecular complexity index is 378. The van der Waals surface area contributed by atoms with Crippen LogP contribution in [0.25, 0.3) is 6.08 Å². The minimum absolute atomic E-state index is 0. The van der Waals surface area contributed by atoms with Crippen molar-refractivity contribution in [2.45, 2.75) is 26.7 Å². The fourth-order valence-electron chi connectivity index (χ4n) is 2.95. The van der Waals surface area contributed by atoms with Gasteiger partial charge in [-0.25, -0.2) is 0 Å². The number of nitrogens with zero attached hydrogens (tertiary/aromatic N) is 1. The second kappa shape index (κ2) is 7.95. The summed E-state index contributed by atoms with van der Waals surface area (Å²) in [5.41, 5.74) is 1.30. The topological polar surface area (TPSA) is 0 Å². The molecular formula is C17H25LiN+. The van der Waals surface area contributed by atoms with E-state index in [9.17, 15) is 0 Å². The molecule has 0 atom stereocenters. The van der Waals surface area contributed by atoms with Crippen LogP contribution < -0.4 is 18.9 Å². The Balaban J connectivity index is 0.00000180. The molecule has 19 heavy (non-hydrogen) atoms. The van der Waals surface area contributed by atoms with Crippen molar-refractivity contribution in [3.05, 3.63) is 48.5 Å². The minimum Gasteiger partial charge on any atom is -0.451 e. The number of quaternary nitrogens is 1. The summed E-state index contributed by atoms with van der Waals surface area (Å²) in [7, 11) is 0. The Kier molecular flexibility index (Phi) is 6.93. The van der Waals surface area contributed by atoms with E-state index in [-0.39, 0.29) is 18.9 Å². The molecule has 0 radical (unpaired) electrons. The van der Waals surface area contributed by atoms with Gasteiger partial charge in [0.15, 0.2) is 0 Å². The van der Waals surface area contributed by atoms with Gasteiger partial charge >= 0.3 is 18.9 Å². The van der Waals surface area contributed by atoms with Gasteiger partial charge in [-0.3, -0.25) is 0 Å². The minimum atomic E-state index is 0. The average molecular weight is 250 g/mol. The molecule has 98 valence electrons.